The van der Waals surface area contributed by atoms with Gasteiger partial charge in [0.1, 0.15) is 4.70 Å². The minimum Gasteiger partial charge on any atom is -0.356 e. The predicted molar refractivity (Wildman–Crippen MR) is 229 cm³/mol. The highest BCUT2D eigenvalue weighted by Gasteiger charge is 2.42. The van der Waals surface area contributed by atoms with Crippen molar-refractivity contribution in [3.63, 3.8) is 0 Å². The molecule has 3 unspecified atom stereocenters. The third kappa shape index (κ3) is 7.31. The number of nitrogens with zero attached hydrogens (tertiary/aromatic N) is 4. The van der Waals surface area contributed by atoms with E-state index in [2.05, 4.69) is 25.7 Å². The molecule has 7 heterocycles. The van der Waals surface area contributed by atoms with Crippen LogP contribution < -0.4 is 33.1 Å². The van der Waals surface area contributed by atoms with Gasteiger partial charge in [-0.3, -0.25) is 33.0 Å². The molecular formula is C41H35Cl2F3N8O6S2. The normalized spacial score (nSPS) is 21.8. The van der Waals surface area contributed by atoms with Crippen LogP contribution in [0.1, 0.15) is 79.7 Å². The molecule has 322 valence electrons. The first-order chi connectivity index (χ1) is 29.4. The van der Waals surface area contributed by atoms with Gasteiger partial charge in [-0.1, -0.05) is 47.5 Å². The fourth-order valence-electron chi connectivity index (χ4n) is 8.90. The second kappa shape index (κ2) is 15.5. The van der Waals surface area contributed by atoms with Crippen molar-refractivity contribution in [3.8, 4) is 21.6 Å². The number of rotatable bonds is 6. The molecule has 3 aliphatic rings. The lowest BCUT2D eigenvalue weighted by Crippen LogP contribution is -2.45. The SMILES string of the molecule is Cn1cc(-c2cccc(Cl)c2-c2cc3[nH]c(=O)n(C4CC(=O)NC(c5ccc(C6(C)Cc7[nH]c(=O)n([C@H]8CCCNC(=O)C8)c(=O)c7S6)c(Cl)c5)C4)c(=O)c3s2)c(C(F)(F)F)n1. The number of benzene rings is 2. The Morgan fingerprint density at radius 1 is 0.887 bits per heavy atom. The van der Waals surface area contributed by atoms with Crippen LogP contribution in [-0.4, -0.2) is 47.2 Å². The summed E-state index contributed by atoms with van der Waals surface area (Å²) >= 11 is 15.8. The Morgan fingerprint density at radius 2 is 1.63 bits per heavy atom. The van der Waals surface area contributed by atoms with Crippen molar-refractivity contribution in [1.82, 2.24) is 39.5 Å². The van der Waals surface area contributed by atoms with Gasteiger partial charge in [-0.2, -0.15) is 18.3 Å². The molecule has 0 saturated carbocycles. The van der Waals surface area contributed by atoms with Gasteiger partial charge >= 0.3 is 17.6 Å². The molecule has 9 rings (SSSR count). The number of piperidine rings is 1. The van der Waals surface area contributed by atoms with Gasteiger partial charge in [0, 0.05) is 75.5 Å². The van der Waals surface area contributed by atoms with E-state index >= 15 is 0 Å². The highest BCUT2D eigenvalue weighted by Crippen LogP contribution is 2.52. The van der Waals surface area contributed by atoms with Crippen LogP contribution >= 0.6 is 46.3 Å². The number of aromatic nitrogens is 6. The Kier molecular flexibility index (Phi) is 10.5. The zero-order valence-corrected chi connectivity index (χ0v) is 35.9. The molecule has 2 saturated heterocycles. The lowest BCUT2D eigenvalue weighted by molar-refractivity contribution is -0.141. The minimum atomic E-state index is -4.76. The fourth-order valence-corrected chi connectivity index (χ4v) is 12.2. The van der Waals surface area contributed by atoms with Crippen LogP contribution in [0.25, 0.3) is 31.8 Å². The molecule has 14 nitrogen and oxygen atoms in total. The number of aryl methyl sites for hydroxylation is 1. The molecule has 4 N–H and O–H groups in total. The molecule has 0 aliphatic carbocycles. The summed E-state index contributed by atoms with van der Waals surface area (Å²) in [5.74, 6) is -0.635. The summed E-state index contributed by atoms with van der Waals surface area (Å²) in [6, 6.07) is 9.15. The maximum Gasteiger partial charge on any atom is 0.435 e. The maximum absolute atomic E-state index is 14.2. The highest BCUT2D eigenvalue weighted by atomic mass is 35.5. The molecule has 2 amide bonds. The summed E-state index contributed by atoms with van der Waals surface area (Å²) in [5, 5.41) is 9.80. The van der Waals surface area contributed by atoms with E-state index < -0.39 is 63.1 Å². The Bertz CT molecular complexity index is 3120. The number of fused-ring (bicyclic) bond motifs is 2. The Hall–Kier alpha value is -5.37. The quantitative estimate of drug-likeness (QED) is 0.144. The Balaban J connectivity index is 1.00. The number of thioether (sulfide) groups is 1. The number of amides is 2. The van der Waals surface area contributed by atoms with E-state index in [1.54, 1.807) is 18.2 Å². The molecule has 4 aromatic heterocycles. The Morgan fingerprint density at radius 3 is 2.39 bits per heavy atom. The third-order valence-corrected chi connectivity index (χ3v) is 14.9. The molecule has 4 atom stereocenters. The van der Waals surface area contributed by atoms with E-state index in [1.807, 2.05) is 6.92 Å². The minimum absolute atomic E-state index is 0.0254. The number of alkyl halides is 3. The largest absolute Gasteiger partial charge is 0.435 e. The average molecular weight is 928 g/mol. The number of hydrogen-bond acceptors (Lipinski definition) is 9. The van der Waals surface area contributed by atoms with E-state index in [1.165, 1.54) is 49.3 Å². The van der Waals surface area contributed by atoms with Crippen molar-refractivity contribution >= 4 is 68.3 Å². The molecule has 0 radical (unpaired) electrons. The first-order valence-electron chi connectivity index (χ1n) is 19.5. The van der Waals surface area contributed by atoms with Gasteiger partial charge in [0.2, 0.25) is 11.8 Å². The maximum atomic E-state index is 14.2. The van der Waals surface area contributed by atoms with Crippen molar-refractivity contribution in [2.24, 2.45) is 7.05 Å². The first kappa shape index (κ1) is 42.0. The highest BCUT2D eigenvalue weighted by molar-refractivity contribution is 8.00. The van der Waals surface area contributed by atoms with Gasteiger partial charge < -0.3 is 20.6 Å². The lowest BCUT2D eigenvalue weighted by atomic mass is 9.90. The number of thiophene rings is 1. The van der Waals surface area contributed by atoms with Gasteiger partial charge in [0.25, 0.3) is 11.1 Å². The van der Waals surface area contributed by atoms with Crippen LogP contribution in [0.2, 0.25) is 10.0 Å². The van der Waals surface area contributed by atoms with Crippen LogP contribution in [-0.2, 0) is 34.0 Å². The zero-order chi connectivity index (χ0) is 44.0. The van der Waals surface area contributed by atoms with E-state index in [0.29, 0.717) is 57.4 Å². The lowest BCUT2D eigenvalue weighted by Gasteiger charge is -2.31. The number of halogens is 5. The van der Waals surface area contributed by atoms with Crippen LogP contribution in [0, 0.1) is 0 Å². The topological polar surface area (TPSA) is 186 Å². The summed E-state index contributed by atoms with van der Waals surface area (Å²) in [5.41, 5.74) is -1.52. The Labute approximate surface area is 366 Å². The van der Waals surface area contributed by atoms with Gasteiger partial charge in [-0.15, -0.1) is 23.1 Å². The summed E-state index contributed by atoms with van der Waals surface area (Å²) in [7, 11) is 1.37. The van der Waals surface area contributed by atoms with Crippen LogP contribution in [0.5, 0.6) is 0 Å². The standard InChI is InChI=1S/C41H35Cl2F3N8O6S2/c1-40(16-28-34(62-40)37(58)53(39(60)50-28)19-5-4-10-47-30(55)13-19)23-9-8-18(11-25(23)43)26-12-20(14-31(56)48-26)54-36(57)33-27(49-38(54)59)15-29(61-33)32-21(6-3-7-24(32)42)22-17-52(2)51-35(22)41(44,45)46/h3,6-9,11,15,17,19-20,26H,4-5,10,12-14,16H2,1-2H3,(H,47,55)(H,48,56)(H,49,59)(H,50,60)/t19-,20?,26?,40?/m0/s1. The second-order valence-corrected chi connectivity index (χ2v) is 19.3. The molecule has 2 fully saturated rings. The molecule has 6 aromatic rings. The number of aromatic amines is 2. The van der Waals surface area contributed by atoms with E-state index in [9.17, 15) is 41.9 Å². The third-order valence-electron chi connectivity index (χ3n) is 11.7. The van der Waals surface area contributed by atoms with Crippen molar-refractivity contribution in [2.75, 3.05) is 6.54 Å². The monoisotopic (exact) mass is 926 g/mol. The summed E-state index contributed by atoms with van der Waals surface area (Å²) in [6.07, 6.45) is -2.13. The van der Waals surface area contributed by atoms with Crippen molar-refractivity contribution in [1.29, 1.82) is 0 Å². The number of H-pyrrole nitrogens is 2. The molecule has 2 aromatic carbocycles. The van der Waals surface area contributed by atoms with Gasteiger partial charge in [-0.25, -0.2) is 9.59 Å². The van der Waals surface area contributed by atoms with E-state index in [-0.39, 0.29) is 57.1 Å². The summed E-state index contributed by atoms with van der Waals surface area (Å²) in [6.45, 7) is 2.39. The molecule has 0 spiro atoms. The summed E-state index contributed by atoms with van der Waals surface area (Å²) < 4.78 is 44.7. The predicted octanol–water partition coefficient (Wildman–Crippen LogP) is 6.59. The van der Waals surface area contributed by atoms with Crippen molar-refractivity contribution in [3.05, 3.63) is 123 Å². The van der Waals surface area contributed by atoms with Crippen LogP contribution in [0.15, 0.2) is 72.7 Å². The zero-order valence-electron chi connectivity index (χ0n) is 32.7. The van der Waals surface area contributed by atoms with Gasteiger partial charge in [0.15, 0.2) is 5.69 Å². The van der Waals surface area contributed by atoms with Crippen molar-refractivity contribution < 1.29 is 22.8 Å². The van der Waals surface area contributed by atoms with Crippen LogP contribution in [0.4, 0.5) is 13.2 Å². The fraction of sp³-hybridized carbons (Fsp3) is 0.341. The smallest absolute Gasteiger partial charge is 0.356 e. The number of carbonyl (C=O) groups is 2. The molecule has 62 heavy (non-hydrogen) atoms. The van der Waals surface area contributed by atoms with Gasteiger partial charge in [-0.05, 0) is 61.1 Å². The van der Waals surface area contributed by atoms with Crippen LogP contribution in [0.3, 0.4) is 0 Å². The van der Waals surface area contributed by atoms with Gasteiger partial charge in [0.05, 0.1) is 28.5 Å². The molecule has 3 aliphatic heterocycles. The number of nitrogens with one attached hydrogen (secondary N) is 4. The van der Waals surface area contributed by atoms with E-state index in [0.717, 1.165) is 25.2 Å². The second-order valence-electron chi connectivity index (χ2n) is 15.9. The average Bonchev–Trinajstić information content (AvgIpc) is 3.86. The molecule has 21 heteroatoms. The van der Waals surface area contributed by atoms with E-state index in [4.69, 9.17) is 23.2 Å². The van der Waals surface area contributed by atoms with Crippen molar-refractivity contribution in [2.45, 2.75) is 79.4 Å². The summed E-state index contributed by atoms with van der Waals surface area (Å²) in [4.78, 5) is 86.6. The molecular weight excluding hydrogens is 893 g/mol. The number of hydrogen-bond donors (Lipinski definition) is 4. The number of carbonyl (C=O) groups excluding carboxylic acids is 2. The molecule has 0 bridgehead atoms. The first-order valence-corrected chi connectivity index (χ1v) is 21.9.